The van der Waals surface area contributed by atoms with Gasteiger partial charge in [-0.05, 0) is 25.1 Å². The van der Waals surface area contributed by atoms with Gasteiger partial charge in [-0.2, -0.15) is 0 Å². The smallest absolute Gasteiger partial charge is 0.144 e. The van der Waals surface area contributed by atoms with E-state index >= 15 is 0 Å². The Bertz CT molecular complexity index is 584. The molecule has 1 aliphatic rings. The summed E-state index contributed by atoms with van der Waals surface area (Å²) in [6.07, 6.45) is -0.107. The number of benzene rings is 1. The summed E-state index contributed by atoms with van der Waals surface area (Å²) < 4.78 is 6.87. The van der Waals surface area contributed by atoms with Gasteiger partial charge >= 0.3 is 0 Å². The number of ether oxygens (including phenoxy) is 1. The molecule has 0 aliphatic carbocycles. The highest BCUT2D eigenvalue weighted by molar-refractivity contribution is 9.10. The van der Waals surface area contributed by atoms with Crippen LogP contribution in [-0.2, 0) is 0 Å². The molecule has 1 N–H and O–H groups in total. The first-order valence-electron chi connectivity index (χ1n) is 5.69. The van der Waals surface area contributed by atoms with Crippen molar-refractivity contribution < 1.29 is 9.84 Å². The standard InChI is InChI=1S/C13H12BrNO2S/c1-7-15-10(6-18-7)13-5-11(16)9-4-8(14)2-3-12(9)17-13/h2-4,6,11,13,16H,5H2,1H3/t11-,13?/m1/s1. The Hall–Kier alpha value is -0.910. The maximum Gasteiger partial charge on any atom is 0.144 e. The zero-order valence-electron chi connectivity index (χ0n) is 9.76. The number of fused-ring (bicyclic) bond motifs is 1. The van der Waals surface area contributed by atoms with E-state index in [4.69, 9.17) is 4.74 Å². The molecule has 2 heterocycles. The summed E-state index contributed by atoms with van der Waals surface area (Å²) in [7, 11) is 0. The van der Waals surface area contributed by atoms with Crippen LogP contribution in [0.3, 0.4) is 0 Å². The first-order chi connectivity index (χ1) is 8.63. The topological polar surface area (TPSA) is 42.4 Å². The molecule has 18 heavy (non-hydrogen) atoms. The molecule has 5 heteroatoms. The third-order valence-electron chi connectivity index (χ3n) is 3.00. The summed E-state index contributed by atoms with van der Waals surface area (Å²) in [6, 6.07) is 5.71. The number of aliphatic hydroxyl groups excluding tert-OH is 1. The second-order valence-corrected chi connectivity index (χ2v) is 6.31. The molecule has 3 nitrogen and oxygen atoms in total. The Balaban J connectivity index is 1.94. The zero-order chi connectivity index (χ0) is 12.7. The molecule has 0 saturated carbocycles. The van der Waals surface area contributed by atoms with E-state index in [1.54, 1.807) is 11.3 Å². The van der Waals surface area contributed by atoms with Crippen molar-refractivity contribution in [3.8, 4) is 5.75 Å². The van der Waals surface area contributed by atoms with Crippen LogP contribution in [0.1, 0.15) is 34.9 Å². The van der Waals surface area contributed by atoms with Gasteiger partial charge in [-0.1, -0.05) is 15.9 Å². The molecular weight excluding hydrogens is 314 g/mol. The Kier molecular flexibility index (Phi) is 3.13. The average Bonchev–Trinajstić information content (AvgIpc) is 2.77. The molecule has 0 spiro atoms. The molecule has 1 aromatic heterocycles. The van der Waals surface area contributed by atoms with Crippen molar-refractivity contribution >= 4 is 27.3 Å². The van der Waals surface area contributed by atoms with Crippen molar-refractivity contribution in [2.24, 2.45) is 0 Å². The van der Waals surface area contributed by atoms with Crippen molar-refractivity contribution in [1.29, 1.82) is 0 Å². The Labute approximate surface area is 118 Å². The van der Waals surface area contributed by atoms with E-state index < -0.39 is 6.10 Å². The number of hydrogen-bond acceptors (Lipinski definition) is 4. The Morgan fingerprint density at radius 3 is 3.06 bits per heavy atom. The van der Waals surface area contributed by atoms with E-state index in [2.05, 4.69) is 20.9 Å². The minimum atomic E-state index is -0.502. The molecule has 0 fully saturated rings. The molecule has 2 atom stereocenters. The Morgan fingerprint density at radius 1 is 1.50 bits per heavy atom. The van der Waals surface area contributed by atoms with Gasteiger partial charge in [0, 0.05) is 21.8 Å². The molecule has 94 valence electrons. The minimum absolute atomic E-state index is 0.154. The minimum Gasteiger partial charge on any atom is -0.484 e. The summed E-state index contributed by atoms with van der Waals surface area (Å²) in [5.74, 6) is 0.743. The Morgan fingerprint density at radius 2 is 2.33 bits per heavy atom. The van der Waals surface area contributed by atoms with Gasteiger partial charge in [0.1, 0.15) is 11.9 Å². The predicted octanol–water partition coefficient (Wildman–Crippen LogP) is 3.77. The monoisotopic (exact) mass is 325 g/mol. The third kappa shape index (κ3) is 2.18. The van der Waals surface area contributed by atoms with Crippen molar-refractivity contribution in [3.63, 3.8) is 0 Å². The molecular formula is C13H12BrNO2S. The van der Waals surface area contributed by atoms with Gasteiger partial charge in [-0.25, -0.2) is 4.98 Å². The number of aryl methyl sites for hydroxylation is 1. The number of aromatic nitrogens is 1. The van der Waals surface area contributed by atoms with Gasteiger partial charge in [-0.15, -0.1) is 11.3 Å². The van der Waals surface area contributed by atoms with Crippen molar-refractivity contribution in [1.82, 2.24) is 4.98 Å². The van der Waals surface area contributed by atoms with Crippen LogP contribution in [0.2, 0.25) is 0 Å². The van der Waals surface area contributed by atoms with E-state index in [1.165, 1.54) is 0 Å². The molecule has 0 bridgehead atoms. The van der Waals surface area contributed by atoms with Crippen molar-refractivity contribution in [3.05, 3.63) is 44.3 Å². The van der Waals surface area contributed by atoms with E-state index in [0.717, 1.165) is 26.5 Å². The predicted molar refractivity (Wildman–Crippen MR) is 73.9 cm³/mol. The number of nitrogens with zero attached hydrogens (tertiary/aromatic N) is 1. The zero-order valence-corrected chi connectivity index (χ0v) is 12.2. The maximum atomic E-state index is 10.2. The van der Waals surface area contributed by atoms with Crippen LogP contribution in [0.25, 0.3) is 0 Å². The van der Waals surface area contributed by atoms with Gasteiger partial charge in [0.15, 0.2) is 0 Å². The molecule has 0 saturated heterocycles. The molecule has 1 aliphatic heterocycles. The highest BCUT2D eigenvalue weighted by Crippen LogP contribution is 2.41. The van der Waals surface area contributed by atoms with Crippen molar-refractivity contribution in [2.75, 3.05) is 0 Å². The maximum absolute atomic E-state index is 10.2. The van der Waals surface area contributed by atoms with Crippen LogP contribution >= 0.6 is 27.3 Å². The highest BCUT2D eigenvalue weighted by atomic mass is 79.9. The lowest BCUT2D eigenvalue weighted by Crippen LogP contribution is -2.19. The molecule has 3 rings (SSSR count). The SMILES string of the molecule is Cc1nc(C2C[C@@H](O)c3cc(Br)ccc3O2)cs1. The number of aliphatic hydroxyl groups is 1. The summed E-state index contributed by atoms with van der Waals surface area (Å²) in [5, 5.41) is 13.2. The van der Waals surface area contributed by atoms with Crippen LogP contribution in [0.4, 0.5) is 0 Å². The number of thiazole rings is 1. The summed E-state index contributed by atoms with van der Waals surface area (Å²) in [5.41, 5.74) is 1.75. The molecule has 0 amide bonds. The second-order valence-electron chi connectivity index (χ2n) is 4.33. The summed E-state index contributed by atoms with van der Waals surface area (Å²) in [6.45, 7) is 1.97. The van der Waals surface area contributed by atoms with Gasteiger partial charge in [0.25, 0.3) is 0 Å². The lowest BCUT2D eigenvalue weighted by atomic mass is 9.98. The summed E-state index contributed by atoms with van der Waals surface area (Å²) in [4.78, 5) is 4.43. The largest absolute Gasteiger partial charge is 0.484 e. The van der Waals surface area contributed by atoms with Crippen LogP contribution in [0.15, 0.2) is 28.1 Å². The number of rotatable bonds is 1. The third-order valence-corrected chi connectivity index (χ3v) is 4.29. The normalized spacial score (nSPS) is 22.4. The number of hydrogen-bond donors (Lipinski definition) is 1. The second kappa shape index (κ2) is 4.64. The van der Waals surface area contributed by atoms with Gasteiger partial charge < -0.3 is 9.84 Å². The first-order valence-corrected chi connectivity index (χ1v) is 7.37. The molecule has 1 aromatic carbocycles. The van der Waals surface area contributed by atoms with Crippen LogP contribution in [0.5, 0.6) is 5.75 Å². The first kappa shape index (κ1) is 12.1. The van der Waals surface area contributed by atoms with Crippen molar-refractivity contribution in [2.45, 2.75) is 25.6 Å². The molecule has 0 radical (unpaired) electrons. The van der Waals surface area contributed by atoms with E-state index in [0.29, 0.717) is 6.42 Å². The van der Waals surface area contributed by atoms with Gasteiger partial charge in [0.2, 0.25) is 0 Å². The van der Waals surface area contributed by atoms with Crippen LogP contribution in [-0.4, -0.2) is 10.1 Å². The summed E-state index contributed by atoms with van der Waals surface area (Å²) >= 11 is 5.01. The fraction of sp³-hybridized carbons (Fsp3) is 0.308. The van der Waals surface area contributed by atoms with Crippen LogP contribution in [0, 0.1) is 6.92 Å². The highest BCUT2D eigenvalue weighted by Gasteiger charge is 2.29. The fourth-order valence-corrected chi connectivity index (χ4v) is 3.16. The lowest BCUT2D eigenvalue weighted by molar-refractivity contribution is 0.0638. The quantitative estimate of drug-likeness (QED) is 0.867. The van der Waals surface area contributed by atoms with E-state index in [9.17, 15) is 5.11 Å². The average molecular weight is 326 g/mol. The van der Waals surface area contributed by atoms with Gasteiger partial charge in [-0.3, -0.25) is 0 Å². The number of halogens is 1. The van der Waals surface area contributed by atoms with E-state index in [1.807, 2.05) is 30.5 Å². The molecule has 1 unspecified atom stereocenters. The fourth-order valence-electron chi connectivity index (χ4n) is 2.13. The van der Waals surface area contributed by atoms with Gasteiger partial charge in [0.05, 0.1) is 16.8 Å². The molecule has 2 aromatic rings. The van der Waals surface area contributed by atoms with E-state index in [-0.39, 0.29) is 6.10 Å². The van der Waals surface area contributed by atoms with Crippen LogP contribution < -0.4 is 4.74 Å². The lowest BCUT2D eigenvalue weighted by Gasteiger charge is -2.28.